The highest BCUT2D eigenvalue weighted by Gasteiger charge is 2.42. The lowest BCUT2D eigenvalue weighted by atomic mass is 9.97. The Kier molecular flexibility index (Phi) is 4.71. The van der Waals surface area contributed by atoms with Crippen molar-refractivity contribution in [1.82, 2.24) is 4.90 Å². The largest absolute Gasteiger partial charge is 0.370 e. The monoisotopic (exact) mass is 285 g/mol. The van der Waals surface area contributed by atoms with Gasteiger partial charge in [-0.05, 0) is 51.5 Å². The molecule has 3 fully saturated rings. The Morgan fingerprint density at radius 1 is 1.05 bits per heavy atom. The molecular weight excluding hydrogens is 258 g/mol. The summed E-state index contributed by atoms with van der Waals surface area (Å²) in [4.78, 5) is 2.67. The van der Waals surface area contributed by atoms with Crippen LogP contribution in [0.4, 0.5) is 0 Å². The quantitative estimate of drug-likeness (QED) is 0.725. The Labute approximate surface area is 122 Å². The lowest BCUT2D eigenvalue weighted by Crippen LogP contribution is -2.44. The van der Waals surface area contributed by atoms with E-state index < -0.39 is 0 Å². The maximum Gasteiger partial charge on any atom is 0.0710 e. The van der Waals surface area contributed by atoms with E-state index in [0.29, 0.717) is 11.7 Å². The summed E-state index contributed by atoms with van der Waals surface area (Å²) in [5, 5.41) is 0. The molecule has 0 aromatic carbocycles. The third-order valence-electron chi connectivity index (χ3n) is 5.48. The van der Waals surface area contributed by atoms with E-state index in [1.54, 1.807) is 0 Å². The molecule has 3 aliphatic rings. The van der Waals surface area contributed by atoms with Crippen LogP contribution in [0.2, 0.25) is 0 Å². The average molecular weight is 286 g/mol. The molecule has 2 nitrogen and oxygen atoms in total. The molecule has 0 bridgehead atoms. The van der Waals surface area contributed by atoms with Crippen molar-refractivity contribution in [3.8, 4) is 0 Å². The zero-order chi connectivity index (χ0) is 13.1. The molecule has 2 unspecified atom stereocenters. The number of piperidine rings is 1. The van der Waals surface area contributed by atoms with Crippen molar-refractivity contribution in [1.29, 1.82) is 0 Å². The summed E-state index contributed by atoms with van der Waals surface area (Å²) in [6.45, 7) is 2.41. The van der Waals surface area contributed by atoms with Crippen LogP contribution in [-0.2, 0) is 4.74 Å². The lowest BCUT2D eigenvalue weighted by molar-refractivity contribution is -0.0542. The van der Waals surface area contributed by atoms with Gasteiger partial charge in [-0.1, -0.05) is 19.3 Å². The SMILES string of the molecule is ClCCC1CCCCN1CC1CCC2(CCCC2)O1. The van der Waals surface area contributed by atoms with Gasteiger partial charge >= 0.3 is 0 Å². The number of halogens is 1. The van der Waals surface area contributed by atoms with Gasteiger partial charge in [0.25, 0.3) is 0 Å². The standard InChI is InChI=1S/C16H28ClNO/c17-11-7-14-5-1-4-12-18(14)13-15-6-10-16(19-15)8-2-3-9-16/h14-15H,1-13H2. The molecule has 1 spiro atoms. The zero-order valence-electron chi connectivity index (χ0n) is 12.1. The molecule has 3 rings (SSSR count). The van der Waals surface area contributed by atoms with Crippen molar-refractivity contribution in [2.45, 2.75) is 82.0 Å². The molecule has 1 saturated carbocycles. The number of nitrogens with zero attached hydrogens (tertiary/aromatic N) is 1. The predicted molar refractivity (Wildman–Crippen MR) is 79.9 cm³/mol. The maximum atomic E-state index is 6.46. The van der Waals surface area contributed by atoms with Gasteiger partial charge in [0.1, 0.15) is 0 Å². The van der Waals surface area contributed by atoms with Gasteiger partial charge in [0.05, 0.1) is 11.7 Å². The minimum absolute atomic E-state index is 0.294. The topological polar surface area (TPSA) is 12.5 Å². The van der Waals surface area contributed by atoms with Crippen LogP contribution in [0.3, 0.4) is 0 Å². The fourth-order valence-corrected chi connectivity index (χ4v) is 4.68. The molecule has 0 N–H and O–H groups in total. The fourth-order valence-electron chi connectivity index (χ4n) is 4.43. The van der Waals surface area contributed by atoms with Crippen LogP contribution in [-0.4, -0.2) is 41.6 Å². The Morgan fingerprint density at radius 3 is 2.68 bits per heavy atom. The van der Waals surface area contributed by atoms with E-state index in [-0.39, 0.29) is 0 Å². The van der Waals surface area contributed by atoms with Crippen molar-refractivity contribution in [2.75, 3.05) is 19.0 Å². The minimum atomic E-state index is 0.294. The van der Waals surface area contributed by atoms with Gasteiger partial charge in [0.15, 0.2) is 0 Å². The van der Waals surface area contributed by atoms with Crippen LogP contribution in [0.1, 0.15) is 64.2 Å². The molecule has 110 valence electrons. The summed E-state index contributed by atoms with van der Waals surface area (Å²) in [6, 6.07) is 0.718. The van der Waals surface area contributed by atoms with Crippen LogP contribution >= 0.6 is 11.6 Å². The van der Waals surface area contributed by atoms with Crippen molar-refractivity contribution in [2.24, 2.45) is 0 Å². The Hall–Kier alpha value is 0.210. The molecule has 2 heterocycles. The molecule has 3 heteroatoms. The highest BCUT2D eigenvalue weighted by Crippen LogP contribution is 2.43. The minimum Gasteiger partial charge on any atom is -0.370 e. The van der Waals surface area contributed by atoms with Crippen molar-refractivity contribution < 1.29 is 4.74 Å². The normalized spacial score (nSPS) is 35.2. The first kappa shape index (κ1) is 14.2. The first-order valence-corrected chi connectivity index (χ1v) is 8.83. The van der Waals surface area contributed by atoms with Crippen molar-refractivity contribution >= 4 is 11.6 Å². The zero-order valence-corrected chi connectivity index (χ0v) is 12.8. The number of likely N-dealkylation sites (tertiary alicyclic amines) is 1. The molecule has 2 atom stereocenters. The van der Waals surface area contributed by atoms with E-state index in [0.717, 1.165) is 24.9 Å². The van der Waals surface area contributed by atoms with E-state index in [1.165, 1.54) is 64.3 Å². The molecular formula is C16H28ClNO. The second-order valence-electron chi connectivity index (χ2n) is 6.79. The van der Waals surface area contributed by atoms with E-state index >= 15 is 0 Å². The average Bonchev–Trinajstić information content (AvgIpc) is 3.03. The smallest absolute Gasteiger partial charge is 0.0710 e. The molecule has 0 aromatic rings. The molecule has 2 aliphatic heterocycles. The molecule has 1 aliphatic carbocycles. The first-order valence-electron chi connectivity index (χ1n) is 8.29. The van der Waals surface area contributed by atoms with Gasteiger partial charge in [-0.15, -0.1) is 11.6 Å². The van der Waals surface area contributed by atoms with E-state index in [9.17, 15) is 0 Å². The van der Waals surface area contributed by atoms with Crippen LogP contribution in [0.15, 0.2) is 0 Å². The van der Waals surface area contributed by atoms with Gasteiger partial charge in [0, 0.05) is 18.5 Å². The highest BCUT2D eigenvalue weighted by atomic mass is 35.5. The van der Waals surface area contributed by atoms with E-state index in [4.69, 9.17) is 16.3 Å². The molecule has 19 heavy (non-hydrogen) atoms. The van der Waals surface area contributed by atoms with Crippen molar-refractivity contribution in [3.63, 3.8) is 0 Å². The van der Waals surface area contributed by atoms with Crippen LogP contribution in [0, 0.1) is 0 Å². The Bertz CT molecular complexity index is 288. The van der Waals surface area contributed by atoms with Crippen LogP contribution < -0.4 is 0 Å². The van der Waals surface area contributed by atoms with Gasteiger partial charge in [-0.25, -0.2) is 0 Å². The number of rotatable bonds is 4. The van der Waals surface area contributed by atoms with Crippen LogP contribution in [0.25, 0.3) is 0 Å². The van der Waals surface area contributed by atoms with E-state index in [1.807, 2.05) is 0 Å². The van der Waals surface area contributed by atoms with Crippen molar-refractivity contribution in [3.05, 3.63) is 0 Å². The van der Waals surface area contributed by atoms with Gasteiger partial charge < -0.3 is 4.74 Å². The molecule has 0 amide bonds. The molecule has 2 saturated heterocycles. The third kappa shape index (κ3) is 3.28. The lowest BCUT2D eigenvalue weighted by Gasteiger charge is -2.37. The maximum absolute atomic E-state index is 6.46. The van der Waals surface area contributed by atoms with Gasteiger partial charge in [-0.2, -0.15) is 0 Å². The summed E-state index contributed by atoms with van der Waals surface area (Å²) in [6.07, 6.45) is 13.7. The Balaban J connectivity index is 1.52. The highest BCUT2D eigenvalue weighted by molar-refractivity contribution is 6.17. The van der Waals surface area contributed by atoms with Crippen LogP contribution in [0.5, 0.6) is 0 Å². The third-order valence-corrected chi connectivity index (χ3v) is 5.70. The predicted octanol–water partition coefficient (Wildman–Crippen LogP) is 3.96. The van der Waals surface area contributed by atoms with Gasteiger partial charge in [0.2, 0.25) is 0 Å². The second kappa shape index (κ2) is 6.32. The summed E-state index contributed by atoms with van der Waals surface area (Å²) in [5.41, 5.74) is 0.294. The first-order chi connectivity index (χ1) is 9.31. The fraction of sp³-hybridized carbons (Fsp3) is 1.00. The van der Waals surface area contributed by atoms with E-state index in [2.05, 4.69) is 4.90 Å². The number of alkyl halides is 1. The second-order valence-corrected chi connectivity index (χ2v) is 7.17. The number of hydrogen-bond acceptors (Lipinski definition) is 2. The molecule has 0 radical (unpaired) electrons. The summed E-state index contributed by atoms with van der Waals surface area (Å²) in [5.74, 6) is 0.802. The summed E-state index contributed by atoms with van der Waals surface area (Å²) < 4.78 is 6.46. The molecule has 0 aromatic heterocycles. The van der Waals surface area contributed by atoms with Gasteiger partial charge in [-0.3, -0.25) is 4.90 Å². The number of hydrogen-bond donors (Lipinski definition) is 0. The summed E-state index contributed by atoms with van der Waals surface area (Å²) in [7, 11) is 0. The summed E-state index contributed by atoms with van der Waals surface area (Å²) >= 11 is 5.96. The Morgan fingerprint density at radius 2 is 1.89 bits per heavy atom. The number of ether oxygens (including phenoxy) is 1.